The summed E-state index contributed by atoms with van der Waals surface area (Å²) in [5.74, 6) is 0.787. The highest BCUT2D eigenvalue weighted by Crippen LogP contribution is 2.24. The summed E-state index contributed by atoms with van der Waals surface area (Å²) in [7, 11) is 0. The molecule has 0 bridgehead atoms. The highest BCUT2D eigenvalue weighted by atomic mass is 16.5. The molecule has 1 N–H and O–H groups in total. The zero-order valence-electron chi connectivity index (χ0n) is 16.2. The Kier molecular flexibility index (Phi) is 6.48. The number of fused-ring (bicyclic) bond motifs is 1. The molecule has 0 saturated heterocycles. The van der Waals surface area contributed by atoms with Gasteiger partial charge in [-0.25, -0.2) is 0 Å². The van der Waals surface area contributed by atoms with Crippen molar-refractivity contribution in [2.75, 3.05) is 6.61 Å². The van der Waals surface area contributed by atoms with Crippen molar-refractivity contribution in [1.82, 2.24) is 4.98 Å². The molecule has 1 unspecified atom stereocenters. The van der Waals surface area contributed by atoms with Crippen molar-refractivity contribution in [2.45, 2.75) is 39.2 Å². The number of carbonyl (C=O) groups is 1. The van der Waals surface area contributed by atoms with Gasteiger partial charge >= 0.3 is 5.97 Å². The average Bonchev–Trinajstić information content (AvgIpc) is 2.67. The second-order valence-corrected chi connectivity index (χ2v) is 6.88. The van der Waals surface area contributed by atoms with Gasteiger partial charge in [-0.3, -0.25) is 9.78 Å². The van der Waals surface area contributed by atoms with Crippen LogP contribution < -0.4 is 9.47 Å². The smallest absolute Gasteiger partial charge is 0.303 e. The number of aliphatic carboxylic acids is 1. The maximum atomic E-state index is 10.7. The summed E-state index contributed by atoms with van der Waals surface area (Å²) >= 11 is 0. The van der Waals surface area contributed by atoms with Crippen LogP contribution in [0, 0.1) is 6.92 Å². The van der Waals surface area contributed by atoms with Gasteiger partial charge in [0.15, 0.2) is 0 Å². The predicted molar refractivity (Wildman–Crippen MR) is 109 cm³/mol. The predicted octanol–water partition coefficient (Wildman–Crippen LogP) is 4.80. The first-order chi connectivity index (χ1) is 13.5. The third kappa shape index (κ3) is 5.22. The van der Waals surface area contributed by atoms with Gasteiger partial charge in [0, 0.05) is 24.4 Å². The summed E-state index contributed by atoms with van der Waals surface area (Å²) in [5, 5.41) is 9.87. The molecule has 5 nitrogen and oxygen atoms in total. The maximum absolute atomic E-state index is 10.7. The average molecular weight is 379 g/mol. The fraction of sp³-hybridized carbons (Fsp3) is 0.304. The number of nitrogens with zero attached hydrogens (tertiary/aromatic N) is 1. The molecule has 3 aromatic rings. The van der Waals surface area contributed by atoms with Crippen molar-refractivity contribution in [2.24, 2.45) is 0 Å². The minimum Gasteiger partial charge on any atom is -0.493 e. The molecule has 0 radical (unpaired) electrons. The first kappa shape index (κ1) is 19.7. The van der Waals surface area contributed by atoms with Gasteiger partial charge in [-0.1, -0.05) is 24.3 Å². The van der Waals surface area contributed by atoms with Gasteiger partial charge in [-0.05, 0) is 55.7 Å². The molecule has 1 aromatic heterocycles. The van der Waals surface area contributed by atoms with Crippen LogP contribution in [0.15, 0.2) is 54.7 Å². The summed E-state index contributed by atoms with van der Waals surface area (Å²) in [6.07, 6.45) is 3.17. The number of aromatic nitrogens is 1. The van der Waals surface area contributed by atoms with Crippen LogP contribution in [-0.2, 0) is 11.2 Å². The van der Waals surface area contributed by atoms with E-state index < -0.39 is 5.97 Å². The molecule has 0 aliphatic carbocycles. The number of para-hydroxylation sites is 1. The van der Waals surface area contributed by atoms with Crippen LogP contribution in [0.2, 0.25) is 0 Å². The number of carboxylic acids is 1. The Balaban J connectivity index is 1.52. The van der Waals surface area contributed by atoms with Crippen molar-refractivity contribution in [3.63, 3.8) is 0 Å². The van der Waals surface area contributed by atoms with Crippen molar-refractivity contribution in [3.05, 3.63) is 65.9 Å². The van der Waals surface area contributed by atoms with Crippen LogP contribution in [-0.4, -0.2) is 28.8 Å². The number of carboxylic acid groups (broad SMARTS) is 1. The summed E-state index contributed by atoms with van der Waals surface area (Å²) in [5.41, 5.74) is 2.95. The monoisotopic (exact) mass is 379 g/mol. The first-order valence-corrected chi connectivity index (χ1v) is 9.47. The van der Waals surface area contributed by atoms with E-state index in [1.165, 1.54) is 0 Å². The molecule has 5 heteroatoms. The second-order valence-electron chi connectivity index (χ2n) is 6.88. The fourth-order valence-electron chi connectivity index (χ4n) is 3.07. The van der Waals surface area contributed by atoms with Gasteiger partial charge in [0.1, 0.15) is 17.0 Å². The van der Waals surface area contributed by atoms with E-state index in [1.54, 1.807) is 6.20 Å². The zero-order valence-corrected chi connectivity index (χ0v) is 16.2. The van der Waals surface area contributed by atoms with Crippen LogP contribution >= 0.6 is 0 Å². The molecule has 2 aromatic carbocycles. The third-order valence-electron chi connectivity index (χ3n) is 4.64. The molecule has 146 valence electrons. The van der Waals surface area contributed by atoms with Crippen LogP contribution in [0.3, 0.4) is 0 Å². The second kappa shape index (κ2) is 9.22. The van der Waals surface area contributed by atoms with E-state index >= 15 is 0 Å². The summed E-state index contributed by atoms with van der Waals surface area (Å²) < 4.78 is 11.9. The lowest BCUT2D eigenvalue weighted by molar-refractivity contribution is -0.136. The van der Waals surface area contributed by atoms with Gasteiger partial charge in [0.25, 0.3) is 0 Å². The first-order valence-electron chi connectivity index (χ1n) is 9.47. The van der Waals surface area contributed by atoms with Crippen LogP contribution in [0.1, 0.15) is 30.9 Å². The van der Waals surface area contributed by atoms with Gasteiger partial charge in [0.05, 0.1) is 12.7 Å². The molecule has 3 rings (SSSR count). The number of benzene rings is 2. The Hall–Kier alpha value is -3.08. The number of pyridine rings is 1. The number of hydrogen-bond acceptors (Lipinski definition) is 4. The largest absolute Gasteiger partial charge is 0.493 e. The highest BCUT2D eigenvalue weighted by Gasteiger charge is 2.09. The lowest BCUT2D eigenvalue weighted by atomic mass is 10.0. The molecule has 1 atom stereocenters. The number of hydrogen-bond donors (Lipinski definition) is 1. The summed E-state index contributed by atoms with van der Waals surface area (Å²) in [6.45, 7) is 4.53. The van der Waals surface area contributed by atoms with Crippen LogP contribution in [0.25, 0.3) is 10.9 Å². The molecule has 0 amide bonds. The highest BCUT2D eigenvalue weighted by molar-refractivity contribution is 5.84. The van der Waals surface area contributed by atoms with E-state index in [2.05, 4.69) is 4.98 Å². The van der Waals surface area contributed by atoms with E-state index in [0.29, 0.717) is 13.0 Å². The molecule has 0 aliphatic rings. The summed E-state index contributed by atoms with van der Waals surface area (Å²) in [4.78, 5) is 15.1. The van der Waals surface area contributed by atoms with Crippen molar-refractivity contribution < 1.29 is 19.4 Å². The molecule has 1 heterocycles. The fourth-order valence-corrected chi connectivity index (χ4v) is 3.07. The standard InChI is InChI=1S/C23H25NO4/c1-16-15-20(10-8-18(16)9-11-22(25)26)27-14-12-17(2)28-21-7-3-5-19-6-4-13-24-23(19)21/h3-8,10,13,15,17H,9,11-12,14H2,1-2H3,(H,25,26). The maximum Gasteiger partial charge on any atom is 0.303 e. The van der Waals surface area contributed by atoms with Crippen molar-refractivity contribution in [3.8, 4) is 11.5 Å². The van der Waals surface area contributed by atoms with E-state index in [4.69, 9.17) is 14.6 Å². The Morgan fingerprint density at radius 2 is 2.00 bits per heavy atom. The molecular weight excluding hydrogens is 354 g/mol. The SMILES string of the molecule is Cc1cc(OCCC(C)Oc2cccc3cccnc23)ccc1CCC(=O)O. The van der Waals surface area contributed by atoms with Crippen LogP contribution in [0.4, 0.5) is 0 Å². The summed E-state index contributed by atoms with van der Waals surface area (Å²) in [6, 6.07) is 15.6. The Morgan fingerprint density at radius 1 is 1.18 bits per heavy atom. The number of ether oxygens (including phenoxy) is 2. The van der Waals surface area contributed by atoms with Crippen LogP contribution in [0.5, 0.6) is 11.5 Å². The van der Waals surface area contributed by atoms with Gasteiger partial charge in [-0.15, -0.1) is 0 Å². The normalized spacial score (nSPS) is 11.9. The molecule has 0 spiro atoms. The Morgan fingerprint density at radius 3 is 2.79 bits per heavy atom. The zero-order chi connectivity index (χ0) is 19.9. The van der Waals surface area contributed by atoms with E-state index in [1.807, 2.05) is 62.4 Å². The van der Waals surface area contributed by atoms with Gasteiger partial charge in [-0.2, -0.15) is 0 Å². The van der Waals surface area contributed by atoms with E-state index in [0.717, 1.165) is 39.9 Å². The Bertz CT molecular complexity index is 949. The lowest BCUT2D eigenvalue weighted by Crippen LogP contribution is -2.16. The molecule has 28 heavy (non-hydrogen) atoms. The minimum absolute atomic E-state index is 0.0106. The lowest BCUT2D eigenvalue weighted by Gasteiger charge is -2.16. The van der Waals surface area contributed by atoms with Crippen molar-refractivity contribution in [1.29, 1.82) is 0 Å². The Labute approximate surface area is 164 Å². The topological polar surface area (TPSA) is 68.7 Å². The van der Waals surface area contributed by atoms with E-state index in [9.17, 15) is 4.79 Å². The molecule has 0 aliphatic heterocycles. The third-order valence-corrected chi connectivity index (χ3v) is 4.64. The van der Waals surface area contributed by atoms with Gasteiger partial charge < -0.3 is 14.6 Å². The van der Waals surface area contributed by atoms with Gasteiger partial charge in [0.2, 0.25) is 0 Å². The quantitative estimate of drug-likeness (QED) is 0.578. The molecular formula is C23H25NO4. The minimum atomic E-state index is -0.782. The molecule has 0 fully saturated rings. The van der Waals surface area contributed by atoms with E-state index in [-0.39, 0.29) is 12.5 Å². The molecule has 0 saturated carbocycles. The number of aryl methyl sites for hydroxylation is 2. The van der Waals surface area contributed by atoms with Crippen molar-refractivity contribution >= 4 is 16.9 Å². The number of rotatable bonds is 9.